The second kappa shape index (κ2) is 12.1. The van der Waals surface area contributed by atoms with E-state index in [-0.39, 0.29) is 30.1 Å². The summed E-state index contributed by atoms with van der Waals surface area (Å²) in [4.78, 5) is 26.7. The third kappa shape index (κ3) is 6.98. The molecule has 0 unspecified atom stereocenters. The van der Waals surface area contributed by atoms with E-state index in [9.17, 15) is 14.0 Å². The van der Waals surface area contributed by atoms with Crippen molar-refractivity contribution >= 4 is 90.1 Å². The number of nitrogens with zero attached hydrogens (tertiary/aromatic N) is 1. The maximum absolute atomic E-state index is 13.0. The first kappa shape index (κ1) is 26.4. The van der Waals surface area contributed by atoms with Gasteiger partial charge in [-0.05, 0) is 123 Å². The Bertz CT molecular complexity index is 1260. The van der Waals surface area contributed by atoms with Gasteiger partial charge in [0.05, 0.1) is 18.6 Å². The molecule has 2 amide bonds. The summed E-state index contributed by atoms with van der Waals surface area (Å²) in [5, 5.41) is -0.345. The number of ether oxygens (including phenoxy) is 2. The topological polar surface area (TPSA) is 55.8 Å². The van der Waals surface area contributed by atoms with Gasteiger partial charge in [0, 0.05) is 4.47 Å². The lowest BCUT2D eigenvalue weighted by molar-refractivity contribution is -0.123. The predicted octanol–water partition coefficient (Wildman–Crippen LogP) is 7.49. The van der Waals surface area contributed by atoms with E-state index in [0.717, 1.165) is 45.2 Å². The van der Waals surface area contributed by atoms with Gasteiger partial charge in [0.1, 0.15) is 30.5 Å². The number of hydrogen-bond donors (Lipinski definition) is 0. The molecular weight excluding hydrogens is 763 g/mol. The van der Waals surface area contributed by atoms with E-state index in [0.29, 0.717) is 17.3 Å². The summed E-state index contributed by atoms with van der Waals surface area (Å²) in [5.74, 6) is 0.531. The van der Waals surface area contributed by atoms with Gasteiger partial charge in [-0.3, -0.25) is 14.5 Å². The summed E-state index contributed by atoms with van der Waals surface area (Å²) >= 11 is 8.75. The van der Waals surface area contributed by atoms with Crippen molar-refractivity contribution in [2.45, 2.75) is 6.61 Å². The molecule has 1 aliphatic rings. The number of hydrogen-bond acceptors (Lipinski definition) is 5. The van der Waals surface area contributed by atoms with Gasteiger partial charge < -0.3 is 9.47 Å². The average molecular weight is 780 g/mol. The Morgan fingerprint density at radius 2 is 1.63 bits per heavy atom. The molecule has 10 heteroatoms. The number of rotatable bonds is 8. The SMILES string of the molecule is O=C1S/C(=C\c2cc(I)c(OCc3ccc(Br)cc3)c(I)c2)C(=O)N1CCOc1ccc(F)cc1. The van der Waals surface area contributed by atoms with Gasteiger partial charge >= 0.3 is 0 Å². The highest BCUT2D eigenvalue weighted by Crippen LogP contribution is 2.35. The lowest BCUT2D eigenvalue weighted by Gasteiger charge is -2.13. The fourth-order valence-electron chi connectivity index (χ4n) is 3.17. The standard InChI is InChI=1S/C25H17BrFI2NO4S/c26-17-3-1-15(2-4-17)14-34-23-20(28)11-16(12-21(23)29)13-22-24(31)30(25(32)35-22)9-10-33-19-7-5-18(27)6-8-19/h1-8,11-13H,9-10,14H2/b22-13-. The van der Waals surface area contributed by atoms with E-state index in [1.54, 1.807) is 6.08 Å². The van der Waals surface area contributed by atoms with Crippen molar-refractivity contribution in [3.05, 3.63) is 94.1 Å². The largest absolute Gasteiger partial charge is 0.492 e. The zero-order valence-corrected chi connectivity index (χ0v) is 24.7. The second-order valence-corrected chi connectivity index (χ2v) is 11.6. The monoisotopic (exact) mass is 779 g/mol. The number of carbonyl (C=O) groups excluding carboxylic acids is 2. The van der Waals surface area contributed by atoms with Crippen LogP contribution in [0.5, 0.6) is 11.5 Å². The molecule has 0 aliphatic carbocycles. The minimum Gasteiger partial charge on any atom is -0.492 e. The van der Waals surface area contributed by atoms with E-state index in [1.165, 1.54) is 24.3 Å². The average Bonchev–Trinajstić information content (AvgIpc) is 3.08. The van der Waals surface area contributed by atoms with Crippen LogP contribution in [-0.4, -0.2) is 29.2 Å². The Labute approximate surface area is 241 Å². The van der Waals surface area contributed by atoms with Crippen molar-refractivity contribution in [3.63, 3.8) is 0 Å². The van der Waals surface area contributed by atoms with Gasteiger partial charge in [-0.2, -0.15) is 0 Å². The Balaban J connectivity index is 1.40. The zero-order chi connectivity index (χ0) is 24.9. The molecule has 1 fully saturated rings. The molecule has 0 bridgehead atoms. The smallest absolute Gasteiger partial charge is 0.293 e. The summed E-state index contributed by atoms with van der Waals surface area (Å²) in [6.07, 6.45) is 1.72. The van der Waals surface area contributed by atoms with E-state index in [4.69, 9.17) is 9.47 Å². The molecule has 0 spiro atoms. The maximum atomic E-state index is 13.0. The van der Waals surface area contributed by atoms with E-state index in [1.807, 2.05) is 36.4 Å². The van der Waals surface area contributed by atoms with Crippen LogP contribution < -0.4 is 9.47 Å². The number of benzene rings is 3. The molecule has 0 aromatic heterocycles. The van der Waals surface area contributed by atoms with Crippen molar-refractivity contribution in [2.24, 2.45) is 0 Å². The summed E-state index contributed by atoms with van der Waals surface area (Å²) in [6, 6.07) is 17.4. The van der Waals surface area contributed by atoms with Gasteiger partial charge in [0.2, 0.25) is 0 Å². The molecule has 4 rings (SSSR count). The number of imide groups is 1. The molecule has 35 heavy (non-hydrogen) atoms. The molecule has 0 saturated carbocycles. The first-order valence-electron chi connectivity index (χ1n) is 10.3. The molecule has 0 atom stereocenters. The molecular formula is C25H17BrFI2NO4S. The molecule has 3 aromatic carbocycles. The van der Waals surface area contributed by atoms with Crippen molar-refractivity contribution in [3.8, 4) is 11.5 Å². The fourth-order valence-corrected chi connectivity index (χ4v) is 6.42. The number of halogens is 4. The zero-order valence-electron chi connectivity index (χ0n) is 18.0. The van der Waals surface area contributed by atoms with Crippen LogP contribution in [0.4, 0.5) is 9.18 Å². The Kier molecular flexibility index (Phi) is 9.11. The number of thioether (sulfide) groups is 1. The van der Waals surface area contributed by atoms with Gasteiger partial charge in [-0.1, -0.05) is 28.1 Å². The highest BCUT2D eigenvalue weighted by molar-refractivity contribution is 14.1. The second-order valence-electron chi connectivity index (χ2n) is 7.36. The maximum Gasteiger partial charge on any atom is 0.293 e. The highest BCUT2D eigenvalue weighted by Gasteiger charge is 2.34. The van der Waals surface area contributed by atoms with Crippen LogP contribution in [0.25, 0.3) is 6.08 Å². The van der Waals surface area contributed by atoms with Crippen LogP contribution >= 0.6 is 72.9 Å². The van der Waals surface area contributed by atoms with Crippen molar-refractivity contribution in [1.29, 1.82) is 0 Å². The minimum atomic E-state index is -0.359. The summed E-state index contributed by atoms with van der Waals surface area (Å²) in [5.41, 5.74) is 1.86. The molecule has 1 heterocycles. The third-order valence-corrected chi connectivity index (χ3v) is 7.92. The first-order valence-corrected chi connectivity index (χ1v) is 14.1. The molecule has 1 saturated heterocycles. The van der Waals surface area contributed by atoms with Gasteiger partial charge in [-0.15, -0.1) is 0 Å². The van der Waals surface area contributed by atoms with E-state index < -0.39 is 0 Å². The normalized spacial score (nSPS) is 14.6. The van der Waals surface area contributed by atoms with Gasteiger partial charge in [-0.25, -0.2) is 4.39 Å². The number of carbonyl (C=O) groups is 2. The predicted molar refractivity (Wildman–Crippen MR) is 155 cm³/mol. The van der Waals surface area contributed by atoms with Gasteiger partial charge in [0.15, 0.2) is 0 Å². The van der Waals surface area contributed by atoms with Crippen molar-refractivity contribution in [2.75, 3.05) is 13.2 Å². The van der Waals surface area contributed by atoms with E-state index >= 15 is 0 Å². The lowest BCUT2D eigenvalue weighted by atomic mass is 10.2. The summed E-state index contributed by atoms with van der Waals surface area (Å²) in [7, 11) is 0. The molecule has 3 aromatic rings. The van der Waals surface area contributed by atoms with Crippen LogP contribution in [0.2, 0.25) is 0 Å². The number of amides is 2. The summed E-state index contributed by atoms with van der Waals surface area (Å²) in [6.45, 7) is 0.673. The van der Waals surface area contributed by atoms with Crippen molar-refractivity contribution < 1.29 is 23.5 Å². The van der Waals surface area contributed by atoms with Crippen LogP contribution in [0, 0.1) is 13.0 Å². The van der Waals surface area contributed by atoms with Crippen LogP contribution in [-0.2, 0) is 11.4 Å². The molecule has 0 N–H and O–H groups in total. The molecule has 180 valence electrons. The third-order valence-electron chi connectivity index (χ3n) is 4.89. The molecule has 0 radical (unpaired) electrons. The first-order chi connectivity index (χ1) is 16.8. The van der Waals surface area contributed by atoms with Crippen molar-refractivity contribution in [1.82, 2.24) is 4.90 Å². The quantitative estimate of drug-likeness (QED) is 0.175. The van der Waals surface area contributed by atoms with Crippen LogP contribution in [0.1, 0.15) is 11.1 Å². The Morgan fingerprint density at radius 3 is 2.29 bits per heavy atom. The van der Waals surface area contributed by atoms with E-state index in [2.05, 4.69) is 61.1 Å². The Morgan fingerprint density at radius 1 is 0.971 bits per heavy atom. The Hall–Kier alpha value is -1.64. The fraction of sp³-hybridized carbons (Fsp3) is 0.120. The van der Waals surface area contributed by atoms with Gasteiger partial charge in [0.25, 0.3) is 11.1 Å². The lowest BCUT2D eigenvalue weighted by Crippen LogP contribution is -2.32. The van der Waals surface area contributed by atoms with Crippen LogP contribution in [0.3, 0.4) is 0 Å². The highest BCUT2D eigenvalue weighted by atomic mass is 127. The minimum absolute atomic E-state index is 0.108. The van der Waals surface area contributed by atoms with Crippen LogP contribution in [0.15, 0.2) is 70.0 Å². The molecule has 5 nitrogen and oxygen atoms in total. The molecule has 1 aliphatic heterocycles. The summed E-state index contributed by atoms with van der Waals surface area (Å²) < 4.78 is 27.4.